The lowest BCUT2D eigenvalue weighted by Gasteiger charge is -2.26. The molecule has 0 bridgehead atoms. The Balaban J connectivity index is 4.34. The molecule has 0 radical (unpaired) electrons. The first kappa shape index (κ1) is 63.2. The van der Waals surface area contributed by atoms with Gasteiger partial charge < -0.3 is 33.3 Å². The highest BCUT2D eigenvalue weighted by Gasteiger charge is 2.22. The van der Waals surface area contributed by atoms with Crippen LogP contribution in [0.15, 0.2) is 97.2 Å². The number of carboxylic acid groups (broad SMARTS) is 1. The number of unbranched alkanes of at least 4 members (excludes halogenated alkanes) is 16. The molecule has 0 aromatic carbocycles. The molecule has 0 aliphatic carbocycles. The molecule has 0 aliphatic heterocycles. The topological polar surface area (TPSA) is 111 Å². The van der Waals surface area contributed by atoms with Gasteiger partial charge in [0.15, 0.2) is 12.4 Å². The van der Waals surface area contributed by atoms with E-state index in [2.05, 4.69) is 111 Å². The van der Waals surface area contributed by atoms with Crippen molar-refractivity contribution >= 4 is 17.9 Å². The van der Waals surface area contributed by atoms with Crippen LogP contribution in [0.1, 0.15) is 194 Å². The molecule has 9 nitrogen and oxygen atoms in total. The zero-order valence-corrected chi connectivity index (χ0v) is 43.2. The van der Waals surface area contributed by atoms with Crippen LogP contribution in [-0.4, -0.2) is 82.3 Å². The Morgan fingerprint density at radius 3 is 1.19 bits per heavy atom. The van der Waals surface area contributed by atoms with Crippen molar-refractivity contribution in [1.29, 1.82) is 0 Å². The number of rotatable bonds is 47. The molecule has 0 heterocycles. The van der Waals surface area contributed by atoms with E-state index >= 15 is 0 Å². The van der Waals surface area contributed by atoms with Gasteiger partial charge in [0.05, 0.1) is 40.3 Å². The SMILES string of the molecule is CC/C=C\C/C=C\C/C=C\C/C=C\C/C=C\CCCCCCCCCCCC(=O)OC(COC(=O)CCCCCCCCC/C=C\C/C=C\C/C=C\CC)COC(OCC[N+](C)(C)C)C(=O)[O-]. The van der Waals surface area contributed by atoms with Crippen LogP contribution in [0.4, 0.5) is 0 Å². The smallest absolute Gasteiger partial charge is 0.306 e. The fourth-order valence-electron chi connectivity index (χ4n) is 6.81. The van der Waals surface area contributed by atoms with Gasteiger partial charge in [-0.2, -0.15) is 0 Å². The summed E-state index contributed by atoms with van der Waals surface area (Å²) >= 11 is 0. The number of esters is 2. The number of ether oxygens (including phenoxy) is 4. The number of carbonyl (C=O) groups is 3. The number of hydrogen-bond acceptors (Lipinski definition) is 8. The largest absolute Gasteiger partial charge is 0.545 e. The molecular formula is C58H97NO8. The molecule has 0 spiro atoms. The van der Waals surface area contributed by atoms with E-state index in [4.69, 9.17) is 18.9 Å². The van der Waals surface area contributed by atoms with E-state index in [9.17, 15) is 19.5 Å². The van der Waals surface area contributed by atoms with Gasteiger partial charge in [-0.15, -0.1) is 0 Å². The third kappa shape index (κ3) is 49.9. The van der Waals surface area contributed by atoms with Crippen LogP contribution in [0.25, 0.3) is 0 Å². The average Bonchev–Trinajstić information content (AvgIpc) is 3.29. The monoisotopic (exact) mass is 936 g/mol. The third-order valence-corrected chi connectivity index (χ3v) is 10.8. The second-order valence-electron chi connectivity index (χ2n) is 18.4. The molecular weight excluding hydrogens is 839 g/mol. The van der Waals surface area contributed by atoms with Gasteiger partial charge in [0.1, 0.15) is 13.2 Å². The molecule has 0 N–H and O–H groups in total. The Morgan fingerprint density at radius 2 is 0.806 bits per heavy atom. The van der Waals surface area contributed by atoms with Crippen LogP contribution in [-0.2, 0) is 33.3 Å². The number of carbonyl (C=O) groups excluding carboxylic acids is 3. The van der Waals surface area contributed by atoms with Crippen LogP contribution >= 0.6 is 0 Å². The number of hydrogen-bond donors (Lipinski definition) is 0. The maximum atomic E-state index is 12.8. The van der Waals surface area contributed by atoms with Gasteiger partial charge in [-0.25, -0.2) is 0 Å². The fourth-order valence-corrected chi connectivity index (χ4v) is 6.81. The van der Waals surface area contributed by atoms with Crippen molar-refractivity contribution < 1.29 is 42.9 Å². The zero-order valence-electron chi connectivity index (χ0n) is 43.2. The minimum Gasteiger partial charge on any atom is -0.545 e. The molecule has 0 rings (SSSR count). The lowest BCUT2D eigenvalue weighted by molar-refractivity contribution is -0.870. The minimum atomic E-state index is -1.63. The van der Waals surface area contributed by atoms with E-state index in [0.717, 1.165) is 109 Å². The van der Waals surface area contributed by atoms with Crippen molar-refractivity contribution in [2.45, 2.75) is 206 Å². The number of nitrogens with zero attached hydrogens (tertiary/aromatic N) is 1. The average molecular weight is 936 g/mol. The normalized spacial score (nSPS) is 13.6. The van der Waals surface area contributed by atoms with E-state index in [1.807, 2.05) is 21.1 Å². The zero-order chi connectivity index (χ0) is 49.2. The predicted molar refractivity (Wildman–Crippen MR) is 278 cm³/mol. The first-order valence-corrected chi connectivity index (χ1v) is 26.4. The van der Waals surface area contributed by atoms with Gasteiger partial charge in [-0.3, -0.25) is 9.59 Å². The molecule has 2 atom stereocenters. The molecule has 0 aromatic rings. The van der Waals surface area contributed by atoms with Crippen molar-refractivity contribution in [2.75, 3.05) is 47.5 Å². The molecule has 0 aliphatic rings. The highest BCUT2D eigenvalue weighted by Crippen LogP contribution is 2.14. The van der Waals surface area contributed by atoms with Gasteiger partial charge in [-0.1, -0.05) is 188 Å². The first-order chi connectivity index (χ1) is 32.6. The Kier molecular flexibility index (Phi) is 45.9. The van der Waals surface area contributed by atoms with Crippen molar-refractivity contribution in [3.63, 3.8) is 0 Å². The second kappa shape index (κ2) is 48.7. The van der Waals surface area contributed by atoms with Crippen molar-refractivity contribution in [3.05, 3.63) is 97.2 Å². The van der Waals surface area contributed by atoms with Gasteiger partial charge >= 0.3 is 11.9 Å². The van der Waals surface area contributed by atoms with Crippen LogP contribution in [0, 0.1) is 0 Å². The van der Waals surface area contributed by atoms with E-state index in [1.165, 1.54) is 51.4 Å². The first-order valence-electron chi connectivity index (χ1n) is 26.4. The van der Waals surface area contributed by atoms with Crippen molar-refractivity contribution in [1.82, 2.24) is 0 Å². The molecule has 0 amide bonds. The quantitative estimate of drug-likeness (QED) is 0.0195. The van der Waals surface area contributed by atoms with Gasteiger partial charge in [0, 0.05) is 12.8 Å². The molecule has 0 saturated heterocycles. The maximum Gasteiger partial charge on any atom is 0.306 e. The lowest BCUT2D eigenvalue weighted by atomic mass is 10.1. The van der Waals surface area contributed by atoms with Gasteiger partial charge in [-0.05, 0) is 89.9 Å². The summed E-state index contributed by atoms with van der Waals surface area (Å²) in [6, 6.07) is 0. The predicted octanol–water partition coefficient (Wildman–Crippen LogP) is 13.7. The van der Waals surface area contributed by atoms with E-state index in [1.54, 1.807) is 0 Å². The molecule has 9 heteroatoms. The summed E-state index contributed by atoms with van der Waals surface area (Å²) in [6.45, 7) is 4.49. The molecule has 67 heavy (non-hydrogen) atoms. The van der Waals surface area contributed by atoms with Crippen LogP contribution in [0.5, 0.6) is 0 Å². The molecule has 0 fully saturated rings. The summed E-state index contributed by atoms with van der Waals surface area (Å²) in [4.78, 5) is 37.2. The Morgan fingerprint density at radius 1 is 0.448 bits per heavy atom. The van der Waals surface area contributed by atoms with E-state index < -0.39 is 24.3 Å². The number of likely N-dealkylation sites (N-methyl/N-ethyl adjacent to an activating group) is 1. The summed E-state index contributed by atoms with van der Waals surface area (Å²) in [6.07, 6.45) is 61.5. The second-order valence-corrected chi connectivity index (χ2v) is 18.4. The van der Waals surface area contributed by atoms with E-state index in [0.29, 0.717) is 17.4 Å². The van der Waals surface area contributed by atoms with Crippen LogP contribution in [0.3, 0.4) is 0 Å². The van der Waals surface area contributed by atoms with Crippen molar-refractivity contribution in [2.24, 2.45) is 0 Å². The molecule has 2 unspecified atom stereocenters. The molecule has 382 valence electrons. The fraction of sp³-hybridized carbons (Fsp3) is 0.672. The number of quaternary nitrogens is 1. The van der Waals surface area contributed by atoms with Crippen LogP contribution < -0.4 is 5.11 Å². The maximum absolute atomic E-state index is 12.8. The molecule has 0 saturated carbocycles. The molecule has 0 aromatic heterocycles. The number of aliphatic carboxylic acids is 1. The van der Waals surface area contributed by atoms with Crippen molar-refractivity contribution in [3.8, 4) is 0 Å². The van der Waals surface area contributed by atoms with Gasteiger partial charge in [0.25, 0.3) is 0 Å². The van der Waals surface area contributed by atoms with Crippen LogP contribution in [0.2, 0.25) is 0 Å². The lowest BCUT2D eigenvalue weighted by Crippen LogP contribution is -2.44. The summed E-state index contributed by atoms with van der Waals surface area (Å²) in [5.74, 6) is -2.32. The highest BCUT2D eigenvalue weighted by atomic mass is 16.7. The third-order valence-electron chi connectivity index (χ3n) is 10.8. The van der Waals surface area contributed by atoms with E-state index in [-0.39, 0.29) is 38.6 Å². The Labute approximate surface area is 410 Å². The number of allylic oxidation sites excluding steroid dienone is 16. The summed E-state index contributed by atoms with van der Waals surface area (Å²) in [5.41, 5.74) is 0. The summed E-state index contributed by atoms with van der Waals surface area (Å²) < 4.78 is 22.6. The summed E-state index contributed by atoms with van der Waals surface area (Å²) in [7, 11) is 5.90. The van der Waals surface area contributed by atoms with Gasteiger partial charge in [0.2, 0.25) is 0 Å². The number of carboxylic acids is 1. The highest BCUT2D eigenvalue weighted by molar-refractivity contribution is 5.70. The minimum absolute atomic E-state index is 0.139. The standard InChI is InChI=1S/C58H97NO8/c1-6-8-10-12-14-16-18-20-22-24-25-26-27-28-29-30-31-33-35-37-39-41-43-45-47-49-56(61)67-54(53-66-58(57(62)63)64-51-50-59(3,4)5)52-65-55(60)48-46-44-42-40-38-36-34-32-23-21-19-17-15-13-11-9-7-2/h8-11,14-17,20-23,25-26,28-29,54,58H,6-7,12-13,18-19,24,27,30-53H2,1-5H3/b10-8-,11-9-,16-14-,17-15-,22-20-,23-21-,26-25-,29-28-. The summed E-state index contributed by atoms with van der Waals surface area (Å²) in [5, 5.41) is 11.7. The Hall–Kier alpha value is -3.79. The Bertz CT molecular complexity index is 1420.